The van der Waals surface area contributed by atoms with Gasteiger partial charge in [0.15, 0.2) is 6.54 Å². The molecule has 0 saturated carbocycles. The average Bonchev–Trinajstić information content (AvgIpc) is 3.33. The lowest BCUT2D eigenvalue weighted by Gasteiger charge is -2.32. The van der Waals surface area contributed by atoms with Gasteiger partial charge in [-0.05, 0) is 29.6 Å². The van der Waals surface area contributed by atoms with Gasteiger partial charge in [0.25, 0.3) is 5.91 Å². The molecule has 0 radical (unpaired) electrons. The zero-order valence-corrected chi connectivity index (χ0v) is 16.5. The highest BCUT2D eigenvalue weighted by Crippen LogP contribution is 2.29. The molecule has 4 aromatic rings. The number of fused-ring (bicyclic) bond motifs is 2. The molecule has 3 heterocycles. The highest BCUT2D eigenvalue weighted by Gasteiger charge is 2.34. The molecule has 6 nitrogen and oxygen atoms in total. The molecule has 1 aliphatic heterocycles. The van der Waals surface area contributed by atoms with Gasteiger partial charge in [-0.3, -0.25) is 4.79 Å². The first kappa shape index (κ1) is 17.9. The molecule has 7 heteroatoms. The number of H-pyrrole nitrogens is 2. The molecular formula is C22H21N4O2S+. The number of aromatic nitrogens is 2. The Hall–Kier alpha value is -3.16. The number of nitrogens with one attached hydrogen (secondary N) is 4. The number of benzene rings is 2. The van der Waals surface area contributed by atoms with Crippen molar-refractivity contribution in [3.63, 3.8) is 0 Å². The van der Waals surface area contributed by atoms with Gasteiger partial charge in [-0.25, -0.2) is 4.79 Å². The van der Waals surface area contributed by atoms with Gasteiger partial charge in [0.2, 0.25) is 0 Å². The average molecular weight is 406 g/mol. The number of rotatable bonds is 4. The predicted octanol–water partition coefficient (Wildman–Crippen LogP) is 2.09. The fraction of sp³-hybridized carbons (Fsp3) is 0.182. The third-order valence-electron chi connectivity index (χ3n) is 5.49. The van der Waals surface area contributed by atoms with Crippen LogP contribution in [0.25, 0.3) is 11.0 Å². The Morgan fingerprint density at radius 1 is 1.10 bits per heavy atom. The molecule has 2 aromatic carbocycles. The summed E-state index contributed by atoms with van der Waals surface area (Å²) in [6, 6.07) is 18.2. The quantitative estimate of drug-likeness (QED) is 0.419. The molecule has 0 aliphatic carbocycles. The fourth-order valence-corrected chi connectivity index (χ4v) is 5.14. The van der Waals surface area contributed by atoms with Gasteiger partial charge in [-0.2, -0.15) is 0 Å². The summed E-state index contributed by atoms with van der Waals surface area (Å²) in [5.41, 5.74) is 4.41. The number of amides is 1. The molecule has 2 atom stereocenters. The summed E-state index contributed by atoms with van der Waals surface area (Å²) in [5.74, 6) is -0.0307. The van der Waals surface area contributed by atoms with Crippen LogP contribution in [0.5, 0.6) is 0 Å². The molecule has 4 N–H and O–H groups in total. The van der Waals surface area contributed by atoms with Gasteiger partial charge in [0, 0.05) is 28.1 Å². The second kappa shape index (κ2) is 7.35. The summed E-state index contributed by atoms with van der Waals surface area (Å²) in [6.07, 6.45) is 0.996. The van der Waals surface area contributed by atoms with Crippen LogP contribution in [0.3, 0.4) is 0 Å². The maximum Gasteiger partial charge on any atom is 0.323 e. The van der Waals surface area contributed by atoms with E-state index in [0.29, 0.717) is 17.7 Å². The van der Waals surface area contributed by atoms with Crippen molar-refractivity contribution in [2.75, 3.05) is 18.4 Å². The number of hydrogen-bond acceptors (Lipinski definition) is 3. The van der Waals surface area contributed by atoms with Gasteiger partial charge in [-0.1, -0.05) is 30.3 Å². The number of carbonyl (C=O) groups excluding carboxylic acids is 1. The Kier molecular flexibility index (Phi) is 4.54. The minimum absolute atomic E-state index is 0.0307. The standard InChI is InChI=1S/C22H20N4O2S/c27-20(23-15-6-7-17-18(12-15)25-22(28)24-17)13-26-10-8-19-16(9-11-29-19)21(26)14-4-2-1-3-5-14/h1-7,9,11-12,21H,8,10,13H2,(H,23,27)(H2,24,25,28)/p+1/t21-/m0/s1. The molecule has 2 aromatic heterocycles. The third-order valence-corrected chi connectivity index (χ3v) is 6.49. The largest absolute Gasteiger partial charge is 0.323 e. The van der Waals surface area contributed by atoms with Crippen molar-refractivity contribution in [1.82, 2.24) is 9.97 Å². The Labute approximate surface area is 171 Å². The second-order valence-electron chi connectivity index (χ2n) is 7.37. The van der Waals surface area contributed by atoms with Gasteiger partial charge in [0.05, 0.1) is 17.6 Å². The van der Waals surface area contributed by atoms with Crippen LogP contribution < -0.4 is 15.9 Å². The highest BCUT2D eigenvalue weighted by molar-refractivity contribution is 7.10. The smallest absolute Gasteiger partial charge is 0.321 e. The monoisotopic (exact) mass is 405 g/mol. The number of carbonyl (C=O) groups is 1. The summed E-state index contributed by atoms with van der Waals surface area (Å²) in [5, 5.41) is 5.14. The van der Waals surface area contributed by atoms with E-state index in [-0.39, 0.29) is 17.6 Å². The molecule has 0 spiro atoms. The molecule has 29 heavy (non-hydrogen) atoms. The lowest BCUT2D eigenvalue weighted by Crippen LogP contribution is -3.14. The Morgan fingerprint density at radius 3 is 2.79 bits per heavy atom. The summed E-state index contributed by atoms with van der Waals surface area (Å²) in [7, 11) is 0. The lowest BCUT2D eigenvalue weighted by molar-refractivity contribution is -0.919. The van der Waals surface area contributed by atoms with Crippen molar-refractivity contribution in [3.05, 3.63) is 86.5 Å². The van der Waals surface area contributed by atoms with Crippen molar-refractivity contribution in [1.29, 1.82) is 0 Å². The Balaban J connectivity index is 1.37. The Bertz CT molecular complexity index is 1220. The minimum atomic E-state index is -0.251. The van der Waals surface area contributed by atoms with E-state index >= 15 is 0 Å². The first-order valence-corrected chi connectivity index (χ1v) is 10.5. The zero-order chi connectivity index (χ0) is 19.8. The SMILES string of the molecule is O=C(C[NH+]1CCc2sccc2[C@@H]1c1ccccc1)Nc1ccc2[nH]c(=O)[nH]c2c1. The van der Waals surface area contributed by atoms with Gasteiger partial charge in [0.1, 0.15) is 6.04 Å². The van der Waals surface area contributed by atoms with Crippen LogP contribution in [-0.2, 0) is 11.2 Å². The summed E-state index contributed by atoms with van der Waals surface area (Å²) < 4.78 is 0. The predicted molar refractivity (Wildman–Crippen MR) is 115 cm³/mol. The molecule has 0 bridgehead atoms. The molecule has 1 aliphatic rings. The Morgan fingerprint density at radius 2 is 1.93 bits per heavy atom. The summed E-state index contributed by atoms with van der Waals surface area (Å²) in [4.78, 5) is 32.4. The van der Waals surface area contributed by atoms with E-state index in [4.69, 9.17) is 0 Å². The third kappa shape index (κ3) is 3.50. The second-order valence-corrected chi connectivity index (χ2v) is 8.37. The normalized spacial score (nSPS) is 18.5. The number of aromatic amines is 2. The van der Waals surface area contributed by atoms with Crippen LogP contribution in [0.2, 0.25) is 0 Å². The number of quaternary nitrogens is 1. The number of thiophene rings is 1. The van der Waals surface area contributed by atoms with Gasteiger partial charge < -0.3 is 20.2 Å². The first-order valence-electron chi connectivity index (χ1n) is 9.65. The molecular weight excluding hydrogens is 384 g/mol. The van der Waals surface area contributed by atoms with Gasteiger partial charge >= 0.3 is 5.69 Å². The van der Waals surface area contributed by atoms with E-state index in [9.17, 15) is 9.59 Å². The van der Waals surface area contributed by atoms with Crippen molar-refractivity contribution in [2.24, 2.45) is 0 Å². The van der Waals surface area contributed by atoms with Crippen LogP contribution in [-0.4, -0.2) is 29.0 Å². The van der Waals surface area contributed by atoms with Crippen LogP contribution in [0.15, 0.2) is 64.8 Å². The number of anilines is 1. The fourth-order valence-electron chi connectivity index (χ4n) is 4.22. The topological polar surface area (TPSA) is 82.2 Å². The van der Waals surface area contributed by atoms with E-state index in [2.05, 4.69) is 51.0 Å². The molecule has 0 fully saturated rings. The van der Waals surface area contributed by atoms with Crippen molar-refractivity contribution < 1.29 is 9.69 Å². The van der Waals surface area contributed by atoms with Crippen LogP contribution >= 0.6 is 11.3 Å². The number of hydrogen-bond donors (Lipinski definition) is 4. The van der Waals surface area contributed by atoms with Gasteiger partial charge in [-0.15, -0.1) is 11.3 Å². The van der Waals surface area contributed by atoms with E-state index < -0.39 is 0 Å². The van der Waals surface area contributed by atoms with E-state index in [1.165, 1.54) is 20.9 Å². The van der Waals surface area contributed by atoms with Crippen molar-refractivity contribution >= 4 is 34.0 Å². The van der Waals surface area contributed by atoms with E-state index in [1.807, 2.05) is 6.07 Å². The van der Waals surface area contributed by atoms with Crippen molar-refractivity contribution in [2.45, 2.75) is 12.5 Å². The van der Waals surface area contributed by atoms with Crippen LogP contribution in [0.1, 0.15) is 22.0 Å². The van der Waals surface area contributed by atoms with E-state index in [0.717, 1.165) is 18.5 Å². The highest BCUT2D eigenvalue weighted by atomic mass is 32.1. The minimum Gasteiger partial charge on any atom is -0.321 e. The van der Waals surface area contributed by atoms with E-state index in [1.54, 1.807) is 29.5 Å². The number of imidazole rings is 1. The molecule has 1 unspecified atom stereocenters. The molecule has 1 amide bonds. The maximum atomic E-state index is 12.8. The lowest BCUT2D eigenvalue weighted by atomic mass is 9.93. The van der Waals surface area contributed by atoms with Crippen LogP contribution in [0, 0.1) is 0 Å². The maximum absolute atomic E-state index is 12.8. The molecule has 0 saturated heterocycles. The molecule has 5 rings (SSSR count). The molecule has 146 valence electrons. The summed E-state index contributed by atoms with van der Waals surface area (Å²) >= 11 is 1.80. The van der Waals surface area contributed by atoms with Crippen LogP contribution in [0.4, 0.5) is 5.69 Å². The first-order chi connectivity index (χ1) is 14.2. The summed E-state index contributed by atoms with van der Waals surface area (Å²) in [6.45, 7) is 1.31. The zero-order valence-electron chi connectivity index (χ0n) is 15.7. The van der Waals surface area contributed by atoms with Crippen molar-refractivity contribution in [3.8, 4) is 0 Å².